The fraction of sp³-hybridized carbons (Fsp3) is 0.321. The number of nitrogens with zero attached hydrogens (tertiary/aromatic N) is 1. The Morgan fingerprint density at radius 3 is 2.47 bits per heavy atom. The second kappa shape index (κ2) is 11.6. The summed E-state index contributed by atoms with van der Waals surface area (Å²) < 4.78 is 45.3. The Hall–Kier alpha value is -3.92. The Labute approximate surface area is 218 Å². The third kappa shape index (κ3) is 6.69. The average Bonchev–Trinajstić information content (AvgIpc) is 3.38. The monoisotopic (exact) mass is 526 g/mol. The molecular weight excluding hydrogens is 497 g/mol. The SMILES string of the molecule is Nc1ccc(C(=O)CCC[C@@]2(C(=O)NCc3ccc(Nc4ccccc4C(F)(F)F)cc3)CCOC2)cn1. The molecule has 2 aromatic carbocycles. The number of alkyl halides is 3. The van der Waals surface area contributed by atoms with E-state index in [0.717, 1.165) is 11.6 Å². The zero-order valence-electron chi connectivity index (χ0n) is 20.7. The Kier molecular flexibility index (Phi) is 8.31. The smallest absolute Gasteiger partial charge is 0.384 e. The Bertz CT molecular complexity index is 1260. The van der Waals surface area contributed by atoms with Crippen LogP contribution in [-0.4, -0.2) is 29.9 Å². The molecule has 1 aliphatic rings. The Morgan fingerprint density at radius 1 is 1.05 bits per heavy atom. The number of nitrogens with one attached hydrogen (secondary N) is 2. The first kappa shape index (κ1) is 27.1. The number of halogens is 3. The number of hydrogen-bond acceptors (Lipinski definition) is 6. The number of hydrogen-bond donors (Lipinski definition) is 3. The number of aromatic nitrogens is 1. The van der Waals surface area contributed by atoms with Crippen molar-refractivity contribution in [3.05, 3.63) is 83.6 Å². The lowest BCUT2D eigenvalue weighted by atomic mass is 9.80. The molecular formula is C28H29F3N4O3. The number of carbonyl (C=O) groups is 2. The van der Waals surface area contributed by atoms with E-state index in [1.165, 1.54) is 24.4 Å². The van der Waals surface area contributed by atoms with Crippen LogP contribution in [0.3, 0.4) is 0 Å². The number of nitrogens with two attached hydrogens (primary N) is 1. The van der Waals surface area contributed by atoms with Crippen molar-refractivity contribution in [1.82, 2.24) is 10.3 Å². The molecule has 1 fully saturated rings. The first-order chi connectivity index (χ1) is 18.2. The summed E-state index contributed by atoms with van der Waals surface area (Å²) in [4.78, 5) is 29.5. The number of anilines is 3. The third-order valence-corrected chi connectivity index (χ3v) is 6.67. The van der Waals surface area contributed by atoms with Gasteiger partial charge in [-0.2, -0.15) is 13.2 Å². The van der Waals surface area contributed by atoms with Gasteiger partial charge in [-0.1, -0.05) is 24.3 Å². The highest BCUT2D eigenvalue weighted by Crippen LogP contribution is 2.36. The maximum atomic E-state index is 13.2. The fourth-order valence-corrected chi connectivity index (χ4v) is 4.47. The number of rotatable bonds is 10. The second-order valence-corrected chi connectivity index (χ2v) is 9.38. The minimum Gasteiger partial charge on any atom is -0.384 e. The predicted molar refractivity (Wildman–Crippen MR) is 138 cm³/mol. The van der Waals surface area contributed by atoms with Crippen molar-refractivity contribution in [2.45, 2.75) is 38.4 Å². The number of pyridine rings is 1. The highest BCUT2D eigenvalue weighted by Gasteiger charge is 2.41. The molecule has 4 N–H and O–H groups in total. The first-order valence-corrected chi connectivity index (χ1v) is 12.3. The summed E-state index contributed by atoms with van der Waals surface area (Å²) in [5, 5.41) is 5.77. The molecule has 1 aromatic heterocycles. The Balaban J connectivity index is 1.31. The molecule has 4 rings (SSSR count). The van der Waals surface area contributed by atoms with E-state index >= 15 is 0 Å². The van der Waals surface area contributed by atoms with Gasteiger partial charge in [-0.05, 0) is 61.2 Å². The quantitative estimate of drug-likeness (QED) is 0.301. The van der Waals surface area contributed by atoms with Crippen LogP contribution >= 0.6 is 0 Å². The normalized spacial score (nSPS) is 17.2. The number of ether oxygens (including phenoxy) is 1. The van der Waals surface area contributed by atoms with Crippen molar-refractivity contribution >= 4 is 28.9 Å². The molecule has 0 saturated carbocycles. The molecule has 0 spiro atoms. The third-order valence-electron chi connectivity index (χ3n) is 6.67. The summed E-state index contributed by atoms with van der Waals surface area (Å²) in [6.45, 7) is 1.02. The van der Waals surface area contributed by atoms with E-state index in [1.807, 2.05) is 0 Å². The van der Waals surface area contributed by atoms with Crippen LogP contribution in [0.2, 0.25) is 0 Å². The maximum absolute atomic E-state index is 13.2. The van der Waals surface area contributed by atoms with Crippen molar-refractivity contribution in [2.75, 3.05) is 24.3 Å². The van der Waals surface area contributed by atoms with Crippen molar-refractivity contribution in [3.63, 3.8) is 0 Å². The number of amides is 1. The van der Waals surface area contributed by atoms with Gasteiger partial charge >= 0.3 is 6.18 Å². The molecule has 3 aromatic rings. The van der Waals surface area contributed by atoms with Crippen LogP contribution in [-0.2, 0) is 22.3 Å². The van der Waals surface area contributed by atoms with Crippen LogP contribution in [0.4, 0.5) is 30.4 Å². The van der Waals surface area contributed by atoms with Gasteiger partial charge in [0.05, 0.1) is 23.3 Å². The molecule has 1 saturated heterocycles. The van der Waals surface area contributed by atoms with Crippen LogP contribution in [0.25, 0.3) is 0 Å². The molecule has 0 aliphatic carbocycles. The number of nitrogen functional groups attached to an aromatic ring is 1. The van der Waals surface area contributed by atoms with E-state index in [0.29, 0.717) is 42.9 Å². The van der Waals surface area contributed by atoms with Crippen LogP contribution in [0, 0.1) is 5.41 Å². The van der Waals surface area contributed by atoms with E-state index < -0.39 is 17.2 Å². The van der Waals surface area contributed by atoms with E-state index in [2.05, 4.69) is 15.6 Å². The summed E-state index contributed by atoms with van der Waals surface area (Å²) in [5.74, 6) is 0.148. The molecule has 200 valence electrons. The standard InChI is InChI=1S/C28H29F3N4O3/c29-28(30,31)22-4-1-2-5-23(22)35-21-10-7-19(8-11-21)16-34-26(37)27(14-15-38-18-27)13-3-6-24(36)20-9-12-25(32)33-17-20/h1-2,4-5,7-12,17,35H,3,6,13-16,18H2,(H2,32,33)(H,34,37)/t27-/m1/s1. The lowest BCUT2D eigenvalue weighted by Crippen LogP contribution is -2.41. The molecule has 2 heterocycles. The van der Waals surface area contributed by atoms with Gasteiger partial charge in [-0.25, -0.2) is 4.98 Å². The zero-order chi connectivity index (χ0) is 27.2. The van der Waals surface area contributed by atoms with Gasteiger partial charge in [-0.3, -0.25) is 9.59 Å². The number of Topliss-reactive ketones (excluding diaryl/α,β-unsaturated/α-hetero) is 1. The molecule has 0 unspecified atom stereocenters. The van der Waals surface area contributed by atoms with E-state index in [-0.39, 0.29) is 37.0 Å². The molecule has 0 radical (unpaired) electrons. The van der Waals surface area contributed by atoms with Crippen LogP contribution in [0.15, 0.2) is 66.9 Å². The number of ketones is 1. The Morgan fingerprint density at radius 2 is 1.82 bits per heavy atom. The molecule has 7 nitrogen and oxygen atoms in total. The fourth-order valence-electron chi connectivity index (χ4n) is 4.47. The summed E-state index contributed by atoms with van der Waals surface area (Å²) >= 11 is 0. The van der Waals surface area contributed by atoms with Crippen LogP contribution < -0.4 is 16.4 Å². The number of carbonyl (C=O) groups excluding carboxylic acids is 2. The molecule has 10 heteroatoms. The molecule has 0 bridgehead atoms. The minimum absolute atomic E-state index is 0.0321. The van der Waals surface area contributed by atoms with Crippen molar-refractivity contribution in [3.8, 4) is 0 Å². The van der Waals surface area contributed by atoms with Gasteiger partial charge in [0.2, 0.25) is 5.91 Å². The predicted octanol–water partition coefficient (Wildman–Crippen LogP) is 5.50. The largest absolute Gasteiger partial charge is 0.418 e. The van der Waals surface area contributed by atoms with Crippen molar-refractivity contribution in [2.24, 2.45) is 5.41 Å². The number of benzene rings is 2. The molecule has 38 heavy (non-hydrogen) atoms. The molecule has 1 atom stereocenters. The van der Waals surface area contributed by atoms with Gasteiger partial charge in [0.25, 0.3) is 0 Å². The average molecular weight is 527 g/mol. The zero-order valence-corrected chi connectivity index (χ0v) is 20.7. The van der Waals surface area contributed by atoms with Gasteiger partial charge in [0, 0.05) is 37.0 Å². The summed E-state index contributed by atoms with van der Waals surface area (Å²) in [6.07, 6.45) is -1.12. The van der Waals surface area contributed by atoms with Crippen molar-refractivity contribution < 1.29 is 27.5 Å². The summed E-state index contributed by atoms with van der Waals surface area (Å²) in [5.41, 5.74) is 5.87. The maximum Gasteiger partial charge on any atom is 0.418 e. The highest BCUT2D eigenvalue weighted by atomic mass is 19.4. The second-order valence-electron chi connectivity index (χ2n) is 9.38. The van der Waals surface area contributed by atoms with Crippen molar-refractivity contribution in [1.29, 1.82) is 0 Å². The first-order valence-electron chi connectivity index (χ1n) is 12.3. The lowest BCUT2D eigenvalue weighted by molar-refractivity contribution is -0.137. The van der Waals surface area contributed by atoms with Gasteiger partial charge in [-0.15, -0.1) is 0 Å². The lowest BCUT2D eigenvalue weighted by Gasteiger charge is -2.26. The van der Waals surface area contributed by atoms with Gasteiger partial charge in [0.1, 0.15) is 5.82 Å². The molecule has 1 aliphatic heterocycles. The van der Waals surface area contributed by atoms with Crippen LogP contribution in [0.5, 0.6) is 0 Å². The van der Waals surface area contributed by atoms with E-state index in [4.69, 9.17) is 10.5 Å². The summed E-state index contributed by atoms with van der Waals surface area (Å²) in [7, 11) is 0. The summed E-state index contributed by atoms with van der Waals surface area (Å²) in [6, 6.07) is 15.3. The minimum atomic E-state index is -4.46. The highest BCUT2D eigenvalue weighted by molar-refractivity contribution is 5.95. The van der Waals surface area contributed by atoms with Gasteiger partial charge in [0.15, 0.2) is 5.78 Å². The van der Waals surface area contributed by atoms with Gasteiger partial charge < -0.3 is 21.1 Å². The number of para-hydroxylation sites is 1. The van der Waals surface area contributed by atoms with Crippen LogP contribution in [0.1, 0.15) is 47.2 Å². The van der Waals surface area contributed by atoms with E-state index in [1.54, 1.807) is 36.4 Å². The topological polar surface area (TPSA) is 106 Å². The van der Waals surface area contributed by atoms with E-state index in [9.17, 15) is 22.8 Å². The molecule has 1 amide bonds.